The van der Waals surface area contributed by atoms with Gasteiger partial charge in [-0.3, -0.25) is 4.79 Å². The molecule has 5 nitrogen and oxygen atoms in total. The van der Waals surface area contributed by atoms with Crippen molar-refractivity contribution in [2.24, 2.45) is 0 Å². The molecule has 3 aromatic rings. The van der Waals surface area contributed by atoms with E-state index in [-0.39, 0.29) is 5.91 Å². The first-order chi connectivity index (χ1) is 9.65. The highest BCUT2D eigenvalue weighted by molar-refractivity contribution is 9.10. The van der Waals surface area contributed by atoms with E-state index in [1.165, 1.54) is 12.4 Å². The van der Waals surface area contributed by atoms with Gasteiger partial charge in [0.25, 0.3) is 5.91 Å². The molecule has 0 saturated heterocycles. The number of hydrogen-bond donors (Lipinski definition) is 1. The Morgan fingerprint density at radius 1 is 1.35 bits per heavy atom. The number of hydrogen-bond acceptors (Lipinski definition) is 3. The Hall–Kier alpha value is -1.92. The van der Waals surface area contributed by atoms with Gasteiger partial charge in [0.15, 0.2) is 0 Å². The molecule has 0 atom stereocenters. The average Bonchev–Trinajstić information content (AvgIpc) is 2.87. The lowest BCUT2D eigenvalue weighted by Crippen LogP contribution is -2.11. The van der Waals surface area contributed by atoms with Gasteiger partial charge in [-0.05, 0) is 34.1 Å². The molecule has 100 valence electrons. The highest BCUT2D eigenvalue weighted by atomic mass is 79.9. The summed E-state index contributed by atoms with van der Waals surface area (Å²) in [6.07, 6.45) is 4.81. The van der Waals surface area contributed by atoms with Crippen molar-refractivity contribution in [3.05, 3.63) is 58.0 Å². The molecule has 1 N–H and O–H groups in total. The summed E-state index contributed by atoms with van der Waals surface area (Å²) in [6.45, 7) is 0. The van der Waals surface area contributed by atoms with E-state index in [2.05, 4.69) is 31.3 Å². The van der Waals surface area contributed by atoms with Gasteiger partial charge in [0.1, 0.15) is 5.15 Å². The molecule has 0 unspecified atom stereocenters. The number of amides is 1. The van der Waals surface area contributed by atoms with Crippen LogP contribution in [0.2, 0.25) is 5.15 Å². The third-order valence-corrected chi connectivity index (χ3v) is 3.86. The molecular formula is C13H8BrClN4O. The number of carbonyl (C=O) groups excluding carboxylic acids is 1. The second-order valence-corrected chi connectivity index (χ2v) is 5.25. The summed E-state index contributed by atoms with van der Waals surface area (Å²) < 4.78 is 2.27. The number of carbonyl (C=O) groups is 1. The van der Waals surface area contributed by atoms with Gasteiger partial charge in [-0.25, -0.2) is 9.50 Å². The maximum Gasteiger partial charge on any atom is 0.259 e. The molecule has 3 heterocycles. The monoisotopic (exact) mass is 350 g/mol. The summed E-state index contributed by atoms with van der Waals surface area (Å²) in [6, 6.07) is 7.23. The Bertz CT molecular complexity index is 802. The van der Waals surface area contributed by atoms with E-state index in [9.17, 15) is 4.79 Å². The summed E-state index contributed by atoms with van der Waals surface area (Å²) in [5, 5.41) is 7.23. The lowest BCUT2D eigenvalue weighted by atomic mass is 10.2. The Morgan fingerprint density at radius 3 is 3.00 bits per heavy atom. The van der Waals surface area contributed by atoms with Crippen molar-refractivity contribution >= 4 is 44.6 Å². The molecule has 0 radical (unpaired) electrons. The molecule has 20 heavy (non-hydrogen) atoms. The third kappa shape index (κ3) is 2.39. The number of pyridine rings is 2. The zero-order valence-electron chi connectivity index (χ0n) is 10.0. The van der Waals surface area contributed by atoms with Crippen molar-refractivity contribution in [1.82, 2.24) is 14.6 Å². The molecule has 0 aliphatic carbocycles. The molecule has 0 fully saturated rings. The van der Waals surface area contributed by atoms with Crippen molar-refractivity contribution in [2.75, 3.05) is 5.32 Å². The number of fused-ring (bicyclic) bond motifs is 1. The normalized spacial score (nSPS) is 10.7. The highest BCUT2D eigenvalue weighted by Crippen LogP contribution is 2.23. The van der Waals surface area contributed by atoms with Crippen LogP contribution in [0.5, 0.6) is 0 Å². The molecule has 0 aromatic carbocycles. The average molecular weight is 352 g/mol. The standard InChI is InChI=1S/C13H8BrClN4O/c14-10-5-8(6-16-12(10)15)18-13(20)9-7-17-19-4-2-1-3-11(9)19/h1-7H,(H,18,20). The zero-order valence-corrected chi connectivity index (χ0v) is 12.4. The van der Waals surface area contributed by atoms with Crippen molar-refractivity contribution in [2.45, 2.75) is 0 Å². The van der Waals surface area contributed by atoms with E-state index in [1.807, 2.05) is 18.2 Å². The Kier molecular flexibility index (Phi) is 3.42. The molecule has 0 saturated carbocycles. The highest BCUT2D eigenvalue weighted by Gasteiger charge is 2.13. The molecule has 0 bridgehead atoms. The second-order valence-electron chi connectivity index (χ2n) is 4.04. The van der Waals surface area contributed by atoms with Crippen LogP contribution in [-0.2, 0) is 0 Å². The lowest BCUT2D eigenvalue weighted by Gasteiger charge is -2.04. The van der Waals surface area contributed by atoms with Gasteiger partial charge in [0.05, 0.1) is 33.6 Å². The van der Waals surface area contributed by atoms with Crippen molar-refractivity contribution in [3.63, 3.8) is 0 Å². The van der Waals surface area contributed by atoms with Crippen LogP contribution < -0.4 is 5.32 Å². The van der Waals surface area contributed by atoms with Gasteiger partial charge >= 0.3 is 0 Å². The van der Waals surface area contributed by atoms with E-state index in [0.29, 0.717) is 20.9 Å². The molecule has 3 aromatic heterocycles. The van der Waals surface area contributed by atoms with E-state index >= 15 is 0 Å². The van der Waals surface area contributed by atoms with Crippen LogP contribution >= 0.6 is 27.5 Å². The third-order valence-electron chi connectivity index (χ3n) is 2.73. The molecule has 0 spiro atoms. The second kappa shape index (κ2) is 5.22. The number of nitrogens with zero attached hydrogens (tertiary/aromatic N) is 3. The lowest BCUT2D eigenvalue weighted by molar-refractivity contribution is 0.102. The van der Waals surface area contributed by atoms with Crippen molar-refractivity contribution in [1.29, 1.82) is 0 Å². The van der Waals surface area contributed by atoms with Crippen LogP contribution in [-0.4, -0.2) is 20.5 Å². The summed E-state index contributed by atoms with van der Waals surface area (Å²) in [5.41, 5.74) is 1.80. The number of halogens is 2. The van der Waals surface area contributed by atoms with Crippen molar-refractivity contribution in [3.8, 4) is 0 Å². The molecule has 3 rings (SSSR count). The first-order valence-electron chi connectivity index (χ1n) is 5.70. The fraction of sp³-hybridized carbons (Fsp3) is 0. The summed E-state index contributed by atoms with van der Waals surface area (Å²) in [7, 11) is 0. The van der Waals surface area contributed by atoms with Crippen LogP contribution in [0, 0.1) is 0 Å². The van der Waals surface area contributed by atoms with Gasteiger partial charge in [0, 0.05) is 6.20 Å². The molecule has 7 heteroatoms. The largest absolute Gasteiger partial charge is 0.320 e. The first kappa shape index (κ1) is 13.1. The summed E-state index contributed by atoms with van der Waals surface area (Å²) >= 11 is 9.07. The fourth-order valence-electron chi connectivity index (χ4n) is 1.80. The van der Waals surface area contributed by atoms with Crippen LogP contribution in [0.15, 0.2) is 47.3 Å². The minimum atomic E-state index is -0.248. The SMILES string of the molecule is O=C(Nc1cnc(Cl)c(Br)c1)c1cnn2ccccc12. The van der Waals surface area contributed by atoms with Crippen LogP contribution in [0.3, 0.4) is 0 Å². The molecule has 0 aliphatic heterocycles. The molecule has 1 amide bonds. The van der Waals surface area contributed by atoms with Crippen LogP contribution in [0.25, 0.3) is 5.52 Å². The van der Waals surface area contributed by atoms with E-state index < -0.39 is 0 Å². The summed E-state index contributed by atoms with van der Waals surface area (Å²) in [4.78, 5) is 16.2. The number of aromatic nitrogens is 3. The maximum atomic E-state index is 12.2. The van der Waals surface area contributed by atoms with Crippen molar-refractivity contribution < 1.29 is 4.79 Å². The van der Waals surface area contributed by atoms with Crippen LogP contribution in [0.1, 0.15) is 10.4 Å². The van der Waals surface area contributed by atoms with E-state index in [4.69, 9.17) is 11.6 Å². The topological polar surface area (TPSA) is 59.3 Å². The quantitative estimate of drug-likeness (QED) is 0.720. The van der Waals surface area contributed by atoms with Gasteiger partial charge in [-0.15, -0.1) is 0 Å². The van der Waals surface area contributed by atoms with Crippen LogP contribution in [0.4, 0.5) is 5.69 Å². The number of rotatable bonds is 2. The van der Waals surface area contributed by atoms with Gasteiger partial charge in [-0.1, -0.05) is 17.7 Å². The Balaban J connectivity index is 1.91. The minimum absolute atomic E-state index is 0.248. The fourth-order valence-corrected chi connectivity index (χ4v) is 2.25. The van der Waals surface area contributed by atoms with E-state index in [0.717, 1.165) is 5.52 Å². The smallest absolute Gasteiger partial charge is 0.259 e. The maximum absolute atomic E-state index is 12.2. The van der Waals surface area contributed by atoms with Gasteiger partial charge in [-0.2, -0.15) is 5.10 Å². The predicted octanol–water partition coefficient (Wildman–Crippen LogP) is 3.40. The number of anilines is 1. The zero-order chi connectivity index (χ0) is 14.1. The molecular weight excluding hydrogens is 344 g/mol. The first-order valence-corrected chi connectivity index (χ1v) is 6.87. The number of nitrogens with one attached hydrogen (secondary N) is 1. The van der Waals surface area contributed by atoms with E-state index in [1.54, 1.807) is 16.8 Å². The Labute approximate surface area is 127 Å². The molecule has 0 aliphatic rings. The summed E-state index contributed by atoms with van der Waals surface area (Å²) in [5.74, 6) is -0.248. The van der Waals surface area contributed by atoms with Gasteiger partial charge in [0.2, 0.25) is 0 Å². The minimum Gasteiger partial charge on any atom is -0.320 e. The Morgan fingerprint density at radius 2 is 2.20 bits per heavy atom. The van der Waals surface area contributed by atoms with Gasteiger partial charge < -0.3 is 5.32 Å². The predicted molar refractivity (Wildman–Crippen MR) is 80.1 cm³/mol.